The van der Waals surface area contributed by atoms with Gasteiger partial charge in [-0.05, 0) is 25.2 Å². The van der Waals surface area contributed by atoms with E-state index in [0.717, 1.165) is 45.1 Å². The van der Waals surface area contributed by atoms with Crippen molar-refractivity contribution in [1.29, 1.82) is 0 Å². The average molecular weight is 226 g/mol. The van der Waals surface area contributed by atoms with Crippen LogP contribution in [0.1, 0.15) is 46.0 Å². The third-order valence-corrected chi connectivity index (χ3v) is 2.79. The van der Waals surface area contributed by atoms with Crippen molar-refractivity contribution in [2.24, 2.45) is 10.9 Å². The summed E-state index contributed by atoms with van der Waals surface area (Å²) in [6.45, 7) is 8.02. The van der Waals surface area contributed by atoms with E-state index in [9.17, 15) is 0 Å². The molecule has 1 aliphatic heterocycles. The first-order valence-electron chi connectivity index (χ1n) is 6.64. The van der Waals surface area contributed by atoms with Crippen LogP contribution in [0.4, 0.5) is 0 Å². The first-order valence-corrected chi connectivity index (χ1v) is 6.64. The van der Waals surface area contributed by atoms with Crippen molar-refractivity contribution in [3.63, 3.8) is 0 Å². The molecule has 3 nitrogen and oxygen atoms in total. The number of aliphatic imine (C=N–C) groups is 1. The molecule has 16 heavy (non-hydrogen) atoms. The monoisotopic (exact) mass is 226 g/mol. The number of amidine groups is 1. The number of rotatable bonds is 6. The first-order chi connectivity index (χ1) is 7.79. The van der Waals surface area contributed by atoms with Gasteiger partial charge in [-0.15, -0.1) is 0 Å². The Labute approximate surface area is 99.7 Å². The molecule has 0 fully saturated rings. The highest BCUT2D eigenvalue weighted by molar-refractivity contribution is 5.82. The average Bonchev–Trinajstić information content (AvgIpc) is 2.51. The molecule has 0 aromatic rings. The predicted octanol–water partition coefficient (Wildman–Crippen LogP) is 2.61. The zero-order valence-electron chi connectivity index (χ0n) is 10.8. The van der Waals surface area contributed by atoms with Crippen LogP contribution in [0.15, 0.2) is 4.99 Å². The summed E-state index contributed by atoms with van der Waals surface area (Å²) in [6.07, 6.45) is 6.11. The molecule has 1 heterocycles. The zero-order chi connectivity index (χ0) is 11.6. The molecule has 0 spiro atoms. The van der Waals surface area contributed by atoms with Crippen molar-refractivity contribution in [1.82, 2.24) is 5.32 Å². The molecule has 0 amide bonds. The second-order valence-corrected chi connectivity index (χ2v) is 4.86. The Morgan fingerprint density at radius 3 is 2.94 bits per heavy atom. The summed E-state index contributed by atoms with van der Waals surface area (Å²) >= 11 is 0. The van der Waals surface area contributed by atoms with Crippen LogP contribution >= 0.6 is 0 Å². The molecule has 0 atom stereocenters. The smallest absolute Gasteiger partial charge is 0.0963 e. The molecular weight excluding hydrogens is 200 g/mol. The summed E-state index contributed by atoms with van der Waals surface area (Å²) in [5.74, 6) is 1.92. The minimum absolute atomic E-state index is 0.735. The fourth-order valence-corrected chi connectivity index (χ4v) is 1.71. The standard InChI is InChI=1S/C13H26N2O/c1-12(2)7-10-16-11-9-15-13-6-4-3-5-8-14-13/h12H,3-11H2,1-2H3,(H,14,15). The van der Waals surface area contributed by atoms with E-state index in [0.29, 0.717) is 0 Å². The Bertz CT molecular complexity index is 202. The Morgan fingerprint density at radius 1 is 1.25 bits per heavy atom. The minimum Gasteiger partial charge on any atom is -0.380 e. The van der Waals surface area contributed by atoms with Gasteiger partial charge in [-0.25, -0.2) is 0 Å². The van der Waals surface area contributed by atoms with E-state index < -0.39 is 0 Å². The lowest BCUT2D eigenvalue weighted by atomic mass is 10.1. The van der Waals surface area contributed by atoms with Gasteiger partial charge < -0.3 is 10.1 Å². The van der Waals surface area contributed by atoms with Gasteiger partial charge in [0.1, 0.15) is 0 Å². The first kappa shape index (κ1) is 13.5. The lowest BCUT2D eigenvalue weighted by molar-refractivity contribution is 0.128. The molecule has 0 aromatic heterocycles. The molecule has 94 valence electrons. The highest BCUT2D eigenvalue weighted by atomic mass is 16.5. The van der Waals surface area contributed by atoms with Crippen molar-refractivity contribution in [3.05, 3.63) is 0 Å². The Hall–Kier alpha value is -0.570. The van der Waals surface area contributed by atoms with Crippen LogP contribution in [-0.4, -0.2) is 32.1 Å². The van der Waals surface area contributed by atoms with E-state index >= 15 is 0 Å². The van der Waals surface area contributed by atoms with Crippen LogP contribution in [-0.2, 0) is 4.74 Å². The SMILES string of the molecule is CC(C)CCOCCNC1=NCCCCC1. The van der Waals surface area contributed by atoms with Gasteiger partial charge in [0.25, 0.3) is 0 Å². The van der Waals surface area contributed by atoms with E-state index in [1.54, 1.807) is 0 Å². The van der Waals surface area contributed by atoms with E-state index in [-0.39, 0.29) is 0 Å². The van der Waals surface area contributed by atoms with Crippen LogP contribution in [0.25, 0.3) is 0 Å². The quantitative estimate of drug-likeness (QED) is 0.706. The zero-order valence-corrected chi connectivity index (χ0v) is 10.8. The maximum Gasteiger partial charge on any atom is 0.0963 e. The Kier molecular flexibility index (Phi) is 7.23. The largest absolute Gasteiger partial charge is 0.380 e. The second kappa shape index (κ2) is 8.57. The summed E-state index contributed by atoms with van der Waals surface area (Å²) in [5.41, 5.74) is 0. The number of hydrogen-bond donors (Lipinski definition) is 1. The van der Waals surface area contributed by atoms with Crippen molar-refractivity contribution >= 4 is 5.84 Å². The van der Waals surface area contributed by atoms with E-state index in [1.165, 1.54) is 25.1 Å². The van der Waals surface area contributed by atoms with Crippen molar-refractivity contribution in [3.8, 4) is 0 Å². The molecule has 1 rings (SSSR count). The normalized spacial score (nSPS) is 17.1. The van der Waals surface area contributed by atoms with Crippen molar-refractivity contribution in [2.75, 3.05) is 26.3 Å². The highest BCUT2D eigenvalue weighted by Crippen LogP contribution is 2.05. The van der Waals surface area contributed by atoms with Gasteiger partial charge in [-0.2, -0.15) is 0 Å². The molecule has 0 radical (unpaired) electrons. The van der Waals surface area contributed by atoms with E-state index in [4.69, 9.17) is 4.74 Å². The Morgan fingerprint density at radius 2 is 2.12 bits per heavy atom. The molecule has 0 aromatic carbocycles. The molecular formula is C13H26N2O. The van der Waals surface area contributed by atoms with Crippen LogP contribution in [0.5, 0.6) is 0 Å². The topological polar surface area (TPSA) is 33.6 Å². The van der Waals surface area contributed by atoms with Gasteiger partial charge >= 0.3 is 0 Å². The molecule has 0 bridgehead atoms. The maximum absolute atomic E-state index is 5.55. The summed E-state index contributed by atoms with van der Waals surface area (Å²) in [4.78, 5) is 4.52. The van der Waals surface area contributed by atoms with Crippen molar-refractivity contribution < 1.29 is 4.74 Å². The molecule has 3 heteroatoms. The van der Waals surface area contributed by atoms with Crippen LogP contribution in [0, 0.1) is 5.92 Å². The number of nitrogens with zero attached hydrogens (tertiary/aromatic N) is 1. The van der Waals surface area contributed by atoms with Gasteiger partial charge in [-0.3, -0.25) is 4.99 Å². The third kappa shape index (κ3) is 6.83. The van der Waals surface area contributed by atoms with Gasteiger partial charge in [-0.1, -0.05) is 20.3 Å². The molecule has 0 aliphatic carbocycles. The van der Waals surface area contributed by atoms with Crippen LogP contribution in [0.2, 0.25) is 0 Å². The van der Waals surface area contributed by atoms with Crippen LogP contribution < -0.4 is 5.32 Å². The van der Waals surface area contributed by atoms with Gasteiger partial charge in [0, 0.05) is 26.1 Å². The fourth-order valence-electron chi connectivity index (χ4n) is 1.71. The van der Waals surface area contributed by atoms with E-state index in [2.05, 4.69) is 24.2 Å². The van der Waals surface area contributed by atoms with E-state index in [1.807, 2.05) is 0 Å². The lowest BCUT2D eigenvalue weighted by Crippen LogP contribution is -2.27. The highest BCUT2D eigenvalue weighted by Gasteiger charge is 2.02. The maximum atomic E-state index is 5.55. The summed E-state index contributed by atoms with van der Waals surface area (Å²) < 4.78 is 5.55. The van der Waals surface area contributed by atoms with Gasteiger partial charge in [0.05, 0.1) is 12.4 Å². The molecule has 1 N–H and O–H groups in total. The van der Waals surface area contributed by atoms with Gasteiger partial charge in [0.2, 0.25) is 0 Å². The molecule has 0 unspecified atom stereocenters. The molecule has 0 saturated carbocycles. The van der Waals surface area contributed by atoms with Gasteiger partial charge in [0.15, 0.2) is 0 Å². The lowest BCUT2D eigenvalue weighted by Gasteiger charge is -2.09. The third-order valence-electron chi connectivity index (χ3n) is 2.79. The fraction of sp³-hybridized carbons (Fsp3) is 0.923. The number of hydrogen-bond acceptors (Lipinski definition) is 3. The number of nitrogens with one attached hydrogen (secondary N) is 1. The minimum atomic E-state index is 0.735. The van der Waals surface area contributed by atoms with Crippen molar-refractivity contribution in [2.45, 2.75) is 46.0 Å². The summed E-state index contributed by atoms with van der Waals surface area (Å²) in [7, 11) is 0. The molecule has 1 aliphatic rings. The predicted molar refractivity (Wildman–Crippen MR) is 69.0 cm³/mol. The summed E-state index contributed by atoms with van der Waals surface area (Å²) in [6, 6.07) is 0. The Balaban J connectivity index is 1.95. The number of ether oxygens (including phenoxy) is 1. The second-order valence-electron chi connectivity index (χ2n) is 4.86. The summed E-state index contributed by atoms with van der Waals surface area (Å²) in [5, 5.41) is 3.37. The van der Waals surface area contributed by atoms with Crippen LogP contribution in [0.3, 0.4) is 0 Å². The molecule has 0 saturated heterocycles.